The van der Waals surface area contributed by atoms with Gasteiger partial charge in [0, 0.05) is 19.5 Å². The first-order valence-corrected chi connectivity index (χ1v) is 6.85. The van der Waals surface area contributed by atoms with E-state index in [1.54, 1.807) is 11.8 Å². The molecule has 1 rings (SSSR count). The number of esters is 1. The van der Waals surface area contributed by atoms with Crippen molar-refractivity contribution in [2.75, 3.05) is 19.7 Å². The van der Waals surface area contributed by atoms with Crippen LogP contribution in [-0.4, -0.2) is 47.7 Å². The van der Waals surface area contributed by atoms with Gasteiger partial charge < -0.3 is 14.7 Å². The summed E-state index contributed by atoms with van der Waals surface area (Å²) in [5.74, 6) is -0.0633. The number of nitrogens with zero attached hydrogens (tertiary/aromatic N) is 1. The van der Waals surface area contributed by atoms with Crippen molar-refractivity contribution >= 4 is 11.9 Å². The van der Waals surface area contributed by atoms with Gasteiger partial charge in [-0.25, -0.2) is 0 Å². The van der Waals surface area contributed by atoms with Gasteiger partial charge >= 0.3 is 5.97 Å². The number of ether oxygens (including phenoxy) is 1. The molecule has 0 aromatic rings. The Morgan fingerprint density at radius 1 is 1.53 bits per heavy atom. The fraction of sp³-hybridized carbons (Fsp3) is 0.857. The number of hydrogen-bond donors (Lipinski definition) is 1. The van der Waals surface area contributed by atoms with E-state index in [0.717, 1.165) is 0 Å². The van der Waals surface area contributed by atoms with Crippen molar-refractivity contribution in [3.63, 3.8) is 0 Å². The van der Waals surface area contributed by atoms with E-state index in [-0.39, 0.29) is 24.3 Å². The van der Waals surface area contributed by atoms with E-state index in [9.17, 15) is 14.7 Å². The highest BCUT2D eigenvalue weighted by atomic mass is 16.5. The number of amides is 1. The molecule has 1 aliphatic heterocycles. The van der Waals surface area contributed by atoms with Crippen molar-refractivity contribution in [2.24, 2.45) is 11.3 Å². The molecule has 0 bridgehead atoms. The highest BCUT2D eigenvalue weighted by Gasteiger charge is 2.37. The molecule has 0 aromatic carbocycles. The van der Waals surface area contributed by atoms with E-state index in [1.807, 2.05) is 0 Å². The Hall–Kier alpha value is -1.10. The van der Waals surface area contributed by atoms with Crippen LogP contribution >= 0.6 is 0 Å². The Labute approximate surface area is 114 Å². The first-order chi connectivity index (χ1) is 8.74. The fourth-order valence-electron chi connectivity index (χ4n) is 2.26. The molecular formula is C14H25NO4. The van der Waals surface area contributed by atoms with Crippen molar-refractivity contribution in [3.8, 4) is 0 Å². The Morgan fingerprint density at radius 2 is 2.16 bits per heavy atom. The molecule has 110 valence electrons. The van der Waals surface area contributed by atoms with E-state index in [2.05, 4.69) is 20.8 Å². The van der Waals surface area contributed by atoms with Crippen molar-refractivity contribution in [1.29, 1.82) is 0 Å². The number of hydrogen-bond acceptors (Lipinski definition) is 4. The number of aliphatic hydroxyl groups excluding tert-OH is 1. The Kier molecular flexibility index (Phi) is 5.35. The zero-order valence-corrected chi connectivity index (χ0v) is 12.3. The molecule has 1 fully saturated rings. The third kappa shape index (κ3) is 4.82. The lowest BCUT2D eigenvalue weighted by atomic mass is 9.80. The van der Waals surface area contributed by atoms with Gasteiger partial charge in [-0.1, -0.05) is 20.8 Å². The normalized spacial score (nSPS) is 21.6. The van der Waals surface area contributed by atoms with Gasteiger partial charge in [-0.3, -0.25) is 9.59 Å². The molecule has 5 heteroatoms. The summed E-state index contributed by atoms with van der Waals surface area (Å²) in [5, 5.41) is 9.82. The molecule has 19 heavy (non-hydrogen) atoms. The van der Waals surface area contributed by atoms with Crippen LogP contribution in [-0.2, 0) is 14.3 Å². The molecule has 2 atom stereocenters. The van der Waals surface area contributed by atoms with E-state index in [0.29, 0.717) is 25.5 Å². The molecule has 1 saturated heterocycles. The van der Waals surface area contributed by atoms with Crippen LogP contribution in [0, 0.1) is 11.3 Å². The average Bonchev–Trinajstić information content (AvgIpc) is 2.60. The summed E-state index contributed by atoms with van der Waals surface area (Å²) in [6.07, 6.45) is -0.380. The van der Waals surface area contributed by atoms with Crippen LogP contribution in [0.3, 0.4) is 0 Å². The summed E-state index contributed by atoms with van der Waals surface area (Å²) in [4.78, 5) is 24.8. The van der Waals surface area contributed by atoms with Gasteiger partial charge in [0.1, 0.15) is 0 Å². The zero-order chi connectivity index (χ0) is 14.6. The molecule has 5 nitrogen and oxygen atoms in total. The third-order valence-electron chi connectivity index (χ3n) is 3.58. The minimum absolute atomic E-state index is 0.0577. The second kappa shape index (κ2) is 6.37. The second-order valence-corrected chi connectivity index (χ2v) is 6.23. The van der Waals surface area contributed by atoms with Crippen molar-refractivity contribution in [2.45, 2.75) is 46.6 Å². The van der Waals surface area contributed by atoms with E-state index in [1.165, 1.54) is 0 Å². The van der Waals surface area contributed by atoms with E-state index >= 15 is 0 Å². The molecule has 1 aliphatic rings. The largest absolute Gasteiger partial charge is 0.466 e. The highest BCUT2D eigenvalue weighted by Crippen LogP contribution is 2.34. The van der Waals surface area contributed by atoms with Crippen LogP contribution in [0.2, 0.25) is 0 Å². The van der Waals surface area contributed by atoms with Gasteiger partial charge in [0.2, 0.25) is 5.91 Å². The summed E-state index contributed by atoms with van der Waals surface area (Å²) in [5.41, 5.74) is 0.0799. The average molecular weight is 271 g/mol. The predicted molar refractivity (Wildman–Crippen MR) is 71.4 cm³/mol. The van der Waals surface area contributed by atoms with Crippen LogP contribution < -0.4 is 0 Å². The van der Waals surface area contributed by atoms with Gasteiger partial charge in [-0.05, 0) is 18.3 Å². The lowest BCUT2D eigenvalue weighted by Crippen LogP contribution is -2.35. The summed E-state index contributed by atoms with van der Waals surface area (Å²) < 4.78 is 4.78. The standard InChI is InChI=1S/C14H25NO4/c1-5-19-13(18)7-11(16)9-15-8-10(6-12(15)17)14(2,3)4/h10-11,16H,5-9H2,1-4H3. The minimum atomic E-state index is -0.846. The van der Waals surface area contributed by atoms with Gasteiger partial charge in [0.05, 0.1) is 19.1 Å². The molecule has 0 saturated carbocycles. The van der Waals surface area contributed by atoms with Crippen LogP contribution in [0.5, 0.6) is 0 Å². The molecule has 0 spiro atoms. The molecule has 2 unspecified atom stereocenters. The molecule has 0 aromatic heterocycles. The molecule has 0 aliphatic carbocycles. The number of likely N-dealkylation sites (tertiary alicyclic amines) is 1. The lowest BCUT2D eigenvalue weighted by molar-refractivity contribution is -0.146. The predicted octanol–water partition coefficient (Wildman–Crippen LogP) is 1.20. The summed E-state index contributed by atoms with van der Waals surface area (Å²) in [6.45, 7) is 9.24. The van der Waals surface area contributed by atoms with Crippen LogP contribution in [0.4, 0.5) is 0 Å². The molecule has 1 heterocycles. The third-order valence-corrected chi connectivity index (χ3v) is 3.58. The zero-order valence-electron chi connectivity index (χ0n) is 12.3. The minimum Gasteiger partial charge on any atom is -0.466 e. The van der Waals surface area contributed by atoms with Crippen molar-refractivity contribution < 1.29 is 19.4 Å². The van der Waals surface area contributed by atoms with Gasteiger partial charge in [0.15, 0.2) is 0 Å². The quantitative estimate of drug-likeness (QED) is 0.763. The maximum absolute atomic E-state index is 11.9. The number of carbonyl (C=O) groups excluding carboxylic acids is 2. The van der Waals surface area contributed by atoms with E-state index in [4.69, 9.17) is 4.74 Å². The van der Waals surface area contributed by atoms with Crippen molar-refractivity contribution in [3.05, 3.63) is 0 Å². The monoisotopic (exact) mass is 271 g/mol. The SMILES string of the molecule is CCOC(=O)CC(O)CN1CC(C(C)(C)C)CC1=O. The topological polar surface area (TPSA) is 66.8 Å². The summed E-state index contributed by atoms with van der Waals surface area (Å²) >= 11 is 0. The number of carbonyl (C=O) groups is 2. The first-order valence-electron chi connectivity index (χ1n) is 6.85. The van der Waals surface area contributed by atoms with Gasteiger partial charge in [0.25, 0.3) is 0 Å². The molecule has 0 radical (unpaired) electrons. The Bertz CT molecular complexity index is 335. The van der Waals surface area contributed by atoms with Crippen molar-refractivity contribution in [1.82, 2.24) is 4.90 Å². The van der Waals surface area contributed by atoms with Crippen LogP contribution in [0.25, 0.3) is 0 Å². The molecule has 1 N–H and O–H groups in total. The van der Waals surface area contributed by atoms with Crippen LogP contribution in [0.15, 0.2) is 0 Å². The summed E-state index contributed by atoms with van der Waals surface area (Å²) in [6, 6.07) is 0. The number of aliphatic hydroxyl groups is 1. The number of rotatable bonds is 5. The first kappa shape index (κ1) is 16.0. The fourth-order valence-corrected chi connectivity index (χ4v) is 2.26. The highest BCUT2D eigenvalue weighted by molar-refractivity contribution is 5.79. The second-order valence-electron chi connectivity index (χ2n) is 6.23. The Morgan fingerprint density at radius 3 is 2.63 bits per heavy atom. The Balaban J connectivity index is 2.45. The molecule has 1 amide bonds. The summed E-state index contributed by atoms with van der Waals surface area (Å²) in [7, 11) is 0. The maximum Gasteiger partial charge on any atom is 0.308 e. The van der Waals surface area contributed by atoms with Crippen LogP contribution in [0.1, 0.15) is 40.5 Å². The smallest absolute Gasteiger partial charge is 0.308 e. The van der Waals surface area contributed by atoms with Gasteiger partial charge in [-0.2, -0.15) is 0 Å². The number of β-amino-alcohol motifs (C(OH)–C–C–N with tert-alkyl or cyclic N) is 1. The lowest BCUT2D eigenvalue weighted by Gasteiger charge is -2.27. The van der Waals surface area contributed by atoms with E-state index < -0.39 is 12.1 Å². The van der Waals surface area contributed by atoms with Gasteiger partial charge in [-0.15, -0.1) is 0 Å². The molecular weight excluding hydrogens is 246 g/mol. The maximum atomic E-state index is 11.9.